The zero-order valence-electron chi connectivity index (χ0n) is 24.7. The molecule has 1 aromatic heterocycles. The van der Waals surface area contributed by atoms with Crippen LogP contribution in [0.1, 0.15) is 25.8 Å². The zero-order valence-corrected chi connectivity index (χ0v) is 25.5. The van der Waals surface area contributed by atoms with Gasteiger partial charge in [-0.2, -0.15) is 4.31 Å². The third kappa shape index (κ3) is 7.86. The quantitative estimate of drug-likeness (QED) is 0.396. The van der Waals surface area contributed by atoms with Crippen LogP contribution in [0.3, 0.4) is 0 Å². The molecule has 3 atom stereocenters. The van der Waals surface area contributed by atoms with E-state index in [0.29, 0.717) is 43.2 Å². The van der Waals surface area contributed by atoms with Crippen LogP contribution in [0.25, 0.3) is 0 Å². The SMILES string of the molecule is C[C@H]1CN([C@@H](C)CO)C(=O)Cc2cc(NC(=O)CCN3CCOCC3)ccc2O[C@@H]1CN(C)S(=O)(=O)c1cn(C)cn1. The number of carbonyl (C=O) groups excluding carboxylic acids is 2. The second kappa shape index (κ2) is 14.0. The highest BCUT2D eigenvalue weighted by molar-refractivity contribution is 7.89. The molecule has 0 unspecified atom stereocenters. The molecule has 0 radical (unpaired) electrons. The van der Waals surface area contributed by atoms with Crippen LogP contribution < -0.4 is 10.1 Å². The number of aliphatic hydroxyl groups is 1. The van der Waals surface area contributed by atoms with Gasteiger partial charge in [0.05, 0.1) is 45.2 Å². The maximum Gasteiger partial charge on any atom is 0.261 e. The highest BCUT2D eigenvalue weighted by atomic mass is 32.2. The summed E-state index contributed by atoms with van der Waals surface area (Å²) < 4.78 is 41.0. The number of aromatic nitrogens is 2. The van der Waals surface area contributed by atoms with Gasteiger partial charge in [0.2, 0.25) is 11.8 Å². The minimum atomic E-state index is -3.88. The van der Waals surface area contributed by atoms with Gasteiger partial charge in [-0.25, -0.2) is 13.4 Å². The van der Waals surface area contributed by atoms with E-state index in [1.807, 2.05) is 6.92 Å². The molecule has 2 aliphatic rings. The normalized spacial score (nSPS) is 21.2. The summed E-state index contributed by atoms with van der Waals surface area (Å²) in [7, 11) is -0.714. The number of morpholine rings is 1. The van der Waals surface area contributed by atoms with Crippen molar-refractivity contribution in [1.29, 1.82) is 0 Å². The molecule has 2 aliphatic heterocycles. The number of aliphatic hydroxyl groups excluding tert-OH is 1. The summed E-state index contributed by atoms with van der Waals surface area (Å²) in [6, 6.07) is 4.71. The molecule has 232 valence electrons. The number of aryl methyl sites for hydroxylation is 1. The number of hydrogen-bond donors (Lipinski definition) is 2. The minimum Gasteiger partial charge on any atom is -0.488 e. The highest BCUT2D eigenvalue weighted by Crippen LogP contribution is 2.30. The molecule has 2 N–H and O–H groups in total. The van der Waals surface area contributed by atoms with Crippen LogP contribution in [0, 0.1) is 5.92 Å². The first-order valence-corrected chi connectivity index (χ1v) is 15.7. The Balaban J connectivity index is 1.55. The monoisotopic (exact) mass is 606 g/mol. The first kappa shape index (κ1) is 31.9. The lowest BCUT2D eigenvalue weighted by molar-refractivity contribution is -0.134. The first-order valence-electron chi connectivity index (χ1n) is 14.2. The number of benzene rings is 1. The Bertz CT molecular complexity index is 1340. The number of amides is 2. The molecule has 42 heavy (non-hydrogen) atoms. The molecule has 1 saturated heterocycles. The summed E-state index contributed by atoms with van der Waals surface area (Å²) >= 11 is 0. The number of hydrogen-bond acceptors (Lipinski definition) is 9. The standard InChI is InChI=1S/C28H42N6O7S/c1-20-15-34(21(2)18-35)28(37)14-22-13-23(30-26(36)7-8-33-9-11-40-12-10-33)5-6-24(22)41-25(20)16-32(4)42(38,39)27-17-31(3)19-29-27/h5-6,13,17,19-21,25,35H,7-12,14-16,18H2,1-4H3,(H,30,36)/t20-,21-,25+/m0/s1. The predicted molar refractivity (Wildman–Crippen MR) is 156 cm³/mol. The fourth-order valence-corrected chi connectivity index (χ4v) is 6.21. The van der Waals surface area contributed by atoms with E-state index in [4.69, 9.17) is 9.47 Å². The van der Waals surface area contributed by atoms with E-state index >= 15 is 0 Å². The van der Waals surface area contributed by atoms with E-state index in [1.54, 1.807) is 41.6 Å². The molecular formula is C28H42N6O7S. The number of rotatable bonds is 10. The van der Waals surface area contributed by atoms with E-state index in [9.17, 15) is 23.1 Å². The van der Waals surface area contributed by atoms with Crippen molar-refractivity contribution < 1.29 is 32.6 Å². The summed E-state index contributed by atoms with van der Waals surface area (Å²) in [5.41, 5.74) is 1.10. The number of ether oxygens (including phenoxy) is 2. The second-order valence-electron chi connectivity index (χ2n) is 11.1. The summed E-state index contributed by atoms with van der Waals surface area (Å²) in [6.45, 7) is 7.27. The van der Waals surface area contributed by atoms with Crippen molar-refractivity contribution in [3.05, 3.63) is 36.3 Å². The molecule has 1 fully saturated rings. The number of imidazole rings is 1. The lowest BCUT2D eigenvalue weighted by atomic mass is 10.0. The Hall–Kier alpha value is -3.04. The van der Waals surface area contributed by atoms with Gasteiger partial charge < -0.3 is 29.4 Å². The Labute approximate surface area is 247 Å². The Morgan fingerprint density at radius 3 is 2.69 bits per heavy atom. The summed E-state index contributed by atoms with van der Waals surface area (Å²) in [6.07, 6.45) is 2.56. The predicted octanol–water partition coefficient (Wildman–Crippen LogP) is 0.551. The van der Waals surface area contributed by atoms with Gasteiger partial charge in [-0.3, -0.25) is 14.5 Å². The number of sulfonamides is 1. The van der Waals surface area contributed by atoms with E-state index in [0.717, 1.165) is 13.1 Å². The van der Waals surface area contributed by atoms with Gasteiger partial charge in [-0.15, -0.1) is 0 Å². The fourth-order valence-electron chi connectivity index (χ4n) is 5.07. The zero-order chi connectivity index (χ0) is 30.4. The third-order valence-electron chi connectivity index (χ3n) is 7.75. The minimum absolute atomic E-state index is 0.00131. The Kier molecular flexibility index (Phi) is 10.6. The molecule has 2 aromatic rings. The summed E-state index contributed by atoms with van der Waals surface area (Å²) in [5, 5.41) is 12.7. The number of anilines is 1. The number of nitrogens with one attached hydrogen (secondary N) is 1. The molecule has 0 saturated carbocycles. The van der Waals surface area contributed by atoms with Crippen molar-refractivity contribution in [3.63, 3.8) is 0 Å². The average Bonchev–Trinajstić information content (AvgIpc) is 3.43. The second-order valence-corrected chi connectivity index (χ2v) is 13.1. The molecular weight excluding hydrogens is 564 g/mol. The Morgan fingerprint density at radius 2 is 2.02 bits per heavy atom. The van der Waals surface area contributed by atoms with Crippen LogP contribution in [-0.4, -0.2) is 121 Å². The van der Waals surface area contributed by atoms with E-state index < -0.39 is 22.2 Å². The van der Waals surface area contributed by atoms with Crippen molar-refractivity contribution in [2.45, 2.75) is 43.9 Å². The lowest BCUT2D eigenvalue weighted by Gasteiger charge is -2.33. The molecule has 0 bridgehead atoms. The summed E-state index contributed by atoms with van der Waals surface area (Å²) in [4.78, 5) is 34.0. The van der Waals surface area contributed by atoms with Crippen LogP contribution >= 0.6 is 0 Å². The molecule has 0 spiro atoms. The van der Waals surface area contributed by atoms with Crippen LogP contribution in [0.15, 0.2) is 35.7 Å². The average molecular weight is 607 g/mol. The van der Waals surface area contributed by atoms with Crippen molar-refractivity contribution in [3.8, 4) is 5.75 Å². The van der Waals surface area contributed by atoms with E-state index in [1.165, 1.54) is 23.9 Å². The molecule has 2 amide bonds. The highest BCUT2D eigenvalue weighted by Gasteiger charge is 2.34. The van der Waals surface area contributed by atoms with Crippen LogP contribution in [-0.2, 0) is 37.8 Å². The largest absolute Gasteiger partial charge is 0.488 e. The van der Waals surface area contributed by atoms with Gasteiger partial charge >= 0.3 is 0 Å². The van der Waals surface area contributed by atoms with E-state index in [-0.39, 0.29) is 48.9 Å². The van der Waals surface area contributed by atoms with Gasteiger partial charge in [0, 0.05) is 70.1 Å². The third-order valence-corrected chi connectivity index (χ3v) is 9.46. The van der Waals surface area contributed by atoms with Crippen molar-refractivity contribution in [2.75, 3.05) is 64.9 Å². The van der Waals surface area contributed by atoms with Crippen LogP contribution in [0.4, 0.5) is 5.69 Å². The molecule has 1 aromatic carbocycles. The maximum absolute atomic E-state index is 13.5. The number of fused-ring (bicyclic) bond motifs is 1. The van der Waals surface area contributed by atoms with Crippen molar-refractivity contribution >= 4 is 27.5 Å². The van der Waals surface area contributed by atoms with Gasteiger partial charge in [-0.05, 0) is 25.1 Å². The molecule has 0 aliphatic carbocycles. The molecule has 4 rings (SSSR count). The van der Waals surface area contributed by atoms with Crippen molar-refractivity contribution in [2.24, 2.45) is 13.0 Å². The molecule has 3 heterocycles. The smallest absolute Gasteiger partial charge is 0.261 e. The van der Waals surface area contributed by atoms with Crippen LogP contribution in [0.2, 0.25) is 0 Å². The van der Waals surface area contributed by atoms with Gasteiger partial charge in [0.25, 0.3) is 10.0 Å². The van der Waals surface area contributed by atoms with E-state index in [2.05, 4.69) is 15.2 Å². The van der Waals surface area contributed by atoms with Gasteiger partial charge in [0.1, 0.15) is 11.9 Å². The molecule has 14 heteroatoms. The number of carbonyl (C=O) groups is 2. The number of nitrogens with zero attached hydrogens (tertiary/aromatic N) is 5. The fraction of sp³-hybridized carbons (Fsp3) is 0.607. The summed E-state index contributed by atoms with van der Waals surface area (Å²) in [5.74, 6) is -0.178. The van der Waals surface area contributed by atoms with Crippen molar-refractivity contribution in [1.82, 2.24) is 23.7 Å². The topological polar surface area (TPSA) is 147 Å². The van der Waals surface area contributed by atoms with Gasteiger partial charge in [0.15, 0.2) is 5.03 Å². The molecule has 13 nitrogen and oxygen atoms in total. The first-order chi connectivity index (χ1) is 20.0. The Morgan fingerprint density at radius 1 is 1.29 bits per heavy atom. The lowest BCUT2D eigenvalue weighted by Crippen LogP contribution is -2.48. The van der Waals surface area contributed by atoms with Gasteiger partial charge in [-0.1, -0.05) is 6.92 Å². The van der Waals surface area contributed by atoms with Crippen LogP contribution in [0.5, 0.6) is 5.75 Å². The number of likely N-dealkylation sites (N-methyl/N-ethyl adjacent to an activating group) is 1. The maximum atomic E-state index is 13.5.